The van der Waals surface area contributed by atoms with Crippen LogP contribution in [0.15, 0.2) is 18.2 Å². The van der Waals surface area contributed by atoms with Crippen LogP contribution in [-0.2, 0) is 6.18 Å². The first-order valence-electron chi connectivity index (χ1n) is 7.01. The number of rotatable bonds is 4. The number of alkyl halides is 3. The molecule has 2 nitrogen and oxygen atoms in total. The van der Waals surface area contributed by atoms with Gasteiger partial charge in [-0.2, -0.15) is 13.2 Å². The molecule has 0 aromatic heterocycles. The van der Waals surface area contributed by atoms with Crippen molar-refractivity contribution in [2.75, 3.05) is 6.54 Å². The Hall–Kier alpha value is -1.43. The average Bonchev–Trinajstić information content (AvgIpc) is 2.45. The van der Waals surface area contributed by atoms with E-state index in [1.165, 1.54) is 0 Å². The standard InChI is InChI=1S/C15H17F4NO/c16-13-6-4-10(9-12(13)15(17,18)19)14(21)7-5-11-3-1-2-8-20-11/h4,6,9,11,20H,1-3,5,7-8H2. The van der Waals surface area contributed by atoms with E-state index in [0.717, 1.165) is 31.9 Å². The quantitative estimate of drug-likeness (QED) is 0.674. The van der Waals surface area contributed by atoms with Crippen LogP contribution in [0.4, 0.5) is 17.6 Å². The topological polar surface area (TPSA) is 29.1 Å². The largest absolute Gasteiger partial charge is 0.419 e. The van der Waals surface area contributed by atoms with Crippen molar-refractivity contribution >= 4 is 5.78 Å². The van der Waals surface area contributed by atoms with Crippen LogP contribution in [-0.4, -0.2) is 18.4 Å². The Morgan fingerprint density at radius 1 is 1.29 bits per heavy atom. The predicted molar refractivity (Wildman–Crippen MR) is 70.6 cm³/mol. The molecule has 0 spiro atoms. The normalized spacial score (nSPS) is 19.5. The second-order valence-electron chi connectivity index (χ2n) is 5.30. The van der Waals surface area contributed by atoms with E-state index in [-0.39, 0.29) is 23.8 Å². The number of Topliss-reactive ketones (excluding diaryl/α,β-unsaturated/α-hetero) is 1. The highest BCUT2D eigenvalue weighted by Gasteiger charge is 2.34. The predicted octanol–water partition coefficient (Wildman–Crippen LogP) is 3.95. The van der Waals surface area contributed by atoms with E-state index in [1.54, 1.807) is 0 Å². The summed E-state index contributed by atoms with van der Waals surface area (Å²) in [5, 5.41) is 3.28. The molecule has 2 rings (SSSR count). The Labute approximate surface area is 120 Å². The third-order valence-electron chi connectivity index (χ3n) is 3.73. The molecule has 0 bridgehead atoms. The molecule has 0 aliphatic carbocycles. The van der Waals surface area contributed by atoms with Crippen molar-refractivity contribution in [1.82, 2.24) is 5.32 Å². The van der Waals surface area contributed by atoms with Crippen molar-refractivity contribution in [3.05, 3.63) is 35.1 Å². The molecule has 6 heteroatoms. The Morgan fingerprint density at radius 2 is 2.05 bits per heavy atom. The maximum Gasteiger partial charge on any atom is 0.419 e. The van der Waals surface area contributed by atoms with Crippen molar-refractivity contribution in [2.45, 2.75) is 44.3 Å². The first-order chi connectivity index (χ1) is 9.88. The fourth-order valence-corrected chi connectivity index (χ4v) is 2.54. The van der Waals surface area contributed by atoms with Crippen molar-refractivity contribution < 1.29 is 22.4 Å². The Bertz CT molecular complexity index is 507. The molecule has 1 unspecified atom stereocenters. The van der Waals surface area contributed by atoms with Gasteiger partial charge in [0.15, 0.2) is 5.78 Å². The van der Waals surface area contributed by atoms with Crippen LogP contribution >= 0.6 is 0 Å². The first kappa shape index (κ1) is 15.9. The van der Waals surface area contributed by atoms with Crippen molar-refractivity contribution in [3.8, 4) is 0 Å². The van der Waals surface area contributed by atoms with E-state index in [2.05, 4.69) is 5.32 Å². The van der Waals surface area contributed by atoms with Crippen LogP contribution in [0.3, 0.4) is 0 Å². The molecule has 1 saturated heterocycles. The lowest BCUT2D eigenvalue weighted by Crippen LogP contribution is -2.34. The van der Waals surface area contributed by atoms with Crippen molar-refractivity contribution in [3.63, 3.8) is 0 Å². The van der Waals surface area contributed by atoms with Gasteiger partial charge in [0.2, 0.25) is 0 Å². The molecule has 1 aromatic rings. The molecular weight excluding hydrogens is 286 g/mol. The van der Waals surface area contributed by atoms with Gasteiger partial charge in [0.05, 0.1) is 5.56 Å². The van der Waals surface area contributed by atoms with Crippen LogP contribution in [0.1, 0.15) is 48.0 Å². The summed E-state index contributed by atoms with van der Waals surface area (Å²) in [5.74, 6) is -1.74. The fourth-order valence-electron chi connectivity index (χ4n) is 2.54. The number of nitrogens with one attached hydrogen (secondary N) is 1. The zero-order valence-electron chi connectivity index (χ0n) is 11.5. The molecule has 1 aliphatic heterocycles. The molecule has 0 saturated carbocycles. The van der Waals surface area contributed by atoms with Crippen LogP contribution in [0, 0.1) is 5.82 Å². The maximum absolute atomic E-state index is 13.2. The van der Waals surface area contributed by atoms with E-state index in [1.807, 2.05) is 0 Å². The minimum absolute atomic E-state index is 0.0838. The molecule has 0 radical (unpaired) electrons. The second kappa shape index (κ2) is 6.56. The smallest absolute Gasteiger partial charge is 0.314 e. The average molecular weight is 303 g/mol. The summed E-state index contributed by atoms with van der Waals surface area (Å²) in [6.45, 7) is 0.910. The van der Waals surface area contributed by atoms with Crippen LogP contribution in [0.2, 0.25) is 0 Å². The maximum atomic E-state index is 13.2. The zero-order chi connectivity index (χ0) is 15.5. The van der Waals surface area contributed by atoms with Crippen molar-refractivity contribution in [1.29, 1.82) is 0 Å². The number of carbonyl (C=O) groups excluding carboxylic acids is 1. The number of hydrogen-bond donors (Lipinski definition) is 1. The molecule has 1 fully saturated rings. The van der Waals surface area contributed by atoms with Crippen molar-refractivity contribution in [2.24, 2.45) is 0 Å². The summed E-state index contributed by atoms with van der Waals surface area (Å²) in [7, 11) is 0. The monoisotopic (exact) mass is 303 g/mol. The van der Waals surface area contributed by atoms with Crippen LogP contribution < -0.4 is 5.32 Å². The highest BCUT2D eigenvalue weighted by atomic mass is 19.4. The molecule has 0 amide bonds. The Morgan fingerprint density at radius 3 is 2.67 bits per heavy atom. The van der Waals surface area contributed by atoms with E-state index in [4.69, 9.17) is 0 Å². The Balaban J connectivity index is 2.02. The number of ketones is 1. The number of carbonyl (C=O) groups is 1. The van der Waals surface area contributed by atoms with Gasteiger partial charge in [-0.05, 0) is 44.0 Å². The highest BCUT2D eigenvalue weighted by Crippen LogP contribution is 2.32. The fraction of sp³-hybridized carbons (Fsp3) is 0.533. The van der Waals surface area contributed by atoms with Gasteiger partial charge in [-0.25, -0.2) is 4.39 Å². The lowest BCUT2D eigenvalue weighted by atomic mass is 9.96. The van der Waals surface area contributed by atoms with E-state index < -0.39 is 17.6 Å². The molecule has 1 aliphatic rings. The lowest BCUT2D eigenvalue weighted by Gasteiger charge is -2.23. The molecule has 1 heterocycles. The summed E-state index contributed by atoms with van der Waals surface area (Å²) < 4.78 is 51.0. The zero-order valence-corrected chi connectivity index (χ0v) is 11.5. The van der Waals surface area contributed by atoms with Gasteiger partial charge in [-0.3, -0.25) is 4.79 Å². The summed E-state index contributed by atoms with van der Waals surface area (Å²) in [6, 6.07) is 2.66. The SMILES string of the molecule is O=C(CCC1CCCCN1)c1ccc(F)c(C(F)(F)F)c1. The van der Waals surface area contributed by atoms with Gasteiger partial charge in [0.25, 0.3) is 0 Å². The minimum Gasteiger partial charge on any atom is -0.314 e. The molecule has 1 atom stereocenters. The molecule has 1 N–H and O–H groups in total. The third kappa shape index (κ3) is 4.27. The van der Waals surface area contributed by atoms with Gasteiger partial charge in [0.1, 0.15) is 5.82 Å². The number of hydrogen-bond acceptors (Lipinski definition) is 2. The highest BCUT2D eigenvalue weighted by molar-refractivity contribution is 5.96. The number of piperidine rings is 1. The van der Waals surface area contributed by atoms with Crippen LogP contribution in [0.5, 0.6) is 0 Å². The molecule has 1 aromatic carbocycles. The minimum atomic E-state index is -4.79. The second-order valence-corrected chi connectivity index (χ2v) is 5.30. The third-order valence-corrected chi connectivity index (χ3v) is 3.73. The lowest BCUT2D eigenvalue weighted by molar-refractivity contribution is -0.140. The van der Waals surface area contributed by atoms with E-state index in [0.29, 0.717) is 18.6 Å². The van der Waals surface area contributed by atoms with E-state index in [9.17, 15) is 22.4 Å². The molecule has 21 heavy (non-hydrogen) atoms. The Kier molecular flexibility index (Phi) is 4.98. The first-order valence-corrected chi connectivity index (χ1v) is 7.01. The van der Waals surface area contributed by atoms with Gasteiger partial charge < -0.3 is 5.32 Å². The number of benzene rings is 1. The van der Waals surface area contributed by atoms with Gasteiger partial charge >= 0.3 is 6.18 Å². The van der Waals surface area contributed by atoms with Crippen LogP contribution in [0.25, 0.3) is 0 Å². The van der Waals surface area contributed by atoms with Gasteiger partial charge in [-0.15, -0.1) is 0 Å². The summed E-state index contributed by atoms with van der Waals surface area (Å²) >= 11 is 0. The molecular formula is C15H17F4NO. The van der Waals surface area contributed by atoms with Gasteiger partial charge in [0, 0.05) is 18.0 Å². The summed E-state index contributed by atoms with van der Waals surface area (Å²) in [5.41, 5.74) is -1.47. The number of halogens is 4. The summed E-state index contributed by atoms with van der Waals surface area (Å²) in [6.07, 6.45) is -0.841. The molecule has 116 valence electrons. The van der Waals surface area contributed by atoms with Gasteiger partial charge in [-0.1, -0.05) is 6.42 Å². The van der Waals surface area contributed by atoms with E-state index >= 15 is 0 Å². The summed E-state index contributed by atoms with van der Waals surface area (Å²) in [4.78, 5) is 12.0.